The van der Waals surface area contributed by atoms with Crippen molar-refractivity contribution in [3.8, 4) is 0 Å². The highest BCUT2D eigenvalue weighted by molar-refractivity contribution is 6.06. The molecular formula is C19H20N4O2. The summed E-state index contributed by atoms with van der Waals surface area (Å²) in [5.74, 6) is 0.605. The summed E-state index contributed by atoms with van der Waals surface area (Å²) in [6.45, 7) is 4.55. The Balaban J connectivity index is 1.74. The molecule has 25 heavy (non-hydrogen) atoms. The predicted octanol–water partition coefficient (Wildman–Crippen LogP) is 3.44. The minimum Gasteiger partial charge on any atom is -0.447 e. The van der Waals surface area contributed by atoms with Crippen LogP contribution in [-0.4, -0.2) is 27.2 Å². The molecule has 1 aromatic carbocycles. The first-order valence-corrected chi connectivity index (χ1v) is 8.47. The van der Waals surface area contributed by atoms with Crippen molar-refractivity contribution in [2.45, 2.75) is 32.2 Å². The van der Waals surface area contributed by atoms with Gasteiger partial charge in [-0.1, -0.05) is 32.0 Å². The number of carbonyl (C=O) groups excluding carboxylic acids is 1. The zero-order valence-corrected chi connectivity index (χ0v) is 14.3. The van der Waals surface area contributed by atoms with Gasteiger partial charge in [0.1, 0.15) is 5.76 Å². The summed E-state index contributed by atoms with van der Waals surface area (Å²) in [5.41, 5.74) is 2.47. The number of oxazole rings is 1. The van der Waals surface area contributed by atoms with Crippen molar-refractivity contribution in [2.24, 2.45) is 0 Å². The molecule has 0 saturated heterocycles. The first-order chi connectivity index (χ1) is 12.1. The number of hydrogen-bond acceptors (Lipinski definition) is 4. The van der Waals surface area contributed by atoms with E-state index in [1.54, 1.807) is 11.1 Å². The molecule has 1 aliphatic rings. The Morgan fingerprint density at radius 3 is 2.88 bits per heavy atom. The first-order valence-electron chi connectivity index (χ1n) is 8.47. The smallest absolute Gasteiger partial charge is 0.280 e. The van der Waals surface area contributed by atoms with Gasteiger partial charge < -0.3 is 9.32 Å². The van der Waals surface area contributed by atoms with E-state index in [4.69, 9.17) is 4.42 Å². The number of anilines is 1. The van der Waals surface area contributed by atoms with Crippen LogP contribution in [-0.2, 0) is 6.42 Å². The van der Waals surface area contributed by atoms with Gasteiger partial charge in [0.15, 0.2) is 12.1 Å². The van der Waals surface area contributed by atoms with Crippen LogP contribution < -0.4 is 4.90 Å². The summed E-state index contributed by atoms with van der Waals surface area (Å²) >= 11 is 0. The lowest BCUT2D eigenvalue weighted by molar-refractivity contribution is 0.0973. The van der Waals surface area contributed by atoms with Crippen LogP contribution in [0.1, 0.15) is 47.6 Å². The van der Waals surface area contributed by atoms with Crippen LogP contribution in [0, 0.1) is 0 Å². The maximum Gasteiger partial charge on any atom is 0.280 e. The van der Waals surface area contributed by atoms with E-state index >= 15 is 0 Å². The number of benzene rings is 1. The standard InChI is InChI=1S/C19H20N4O2/c1-13(2)18-17(20-12-25-18)19(24)22-11-15(23-9-5-8-21-23)10-14-6-3-4-7-16(14)22/h3-9,12-13,15H,10-11H2,1-2H3/t15-/m1/s1. The zero-order valence-electron chi connectivity index (χ0n) is 14.3. The van der Waals surface area contributed by atoms with Gasteiger partial charge in [-0.05, 0) is 24.1 Å². The van der Waals surface area contributed by atoms with E-state index < -0.39 is 0 Å². The molecule has 1 amide bonds. The second kappa shape index (κ2) is 6.20. The fourth-order valence-electron chi connectivity index (χ4n) is 3.39. The molecule has 0 radical (unpaired) electrons. The summed E-state index contributed by atoms with van der Waals surface area (Å²) in [7, 11) is 0. The highest BCUT2D eigenvalue weighted by Crippen LogP contribution is 2.33. The predicted molar refractivity (Wildman–Crippen MR) is 93.7 cm³/mol. The summed E-state index contributed by atoms with van der Waals surface area (Å²) < 4.78 is 7.37. The lowest BCUT2D eigenvalue weighted by atomic mass is 9.97. The Labute approximate surface area is 146 Å². The number of para-hydroxylation sites is 1. The fourth-order valence-corrected chi connectivity index (χ4v) is 3.39. The Hall–Kier alpha value is -2.89. The minimum absolute atomic E-state index is 0.100. The summed E-state index contributed by atoms with van der Waals surface area (Å²) in [6.07, 6.45) is 5.90. The molecule has 0 spiro atoms. The second-order valence-electron chi connectivity index (χ2n) is 6.61. The molecule has 4 rings (SSSR count). The third-order valence-corrected chi connectivity index (χ3v) is 4.60. The van der Waals surface area contributed by atoms with E-state index in [2.05, 4.69) is 16.1 Å². The number of fused-ring (bicyclic) bond motifs is 1. The largest absolute Gasteiger partial charge is 0.447 e. The van der Waals surface area contributed by atoms with Gasteiger partial charge in [0, 0.05) is 30.5 Å². The maximum atomic E-state index is 13.2. The van der Waals surface area contributed by atoms with E-state index in [1.165, 1.54) is 6.39 Å². The summed E-state index contributed by atoms with van der Waals surface area (Å²) in [5, 5.41) is 4.36. The topological polar surface area (TPSA) is 64.2 Å². The first kappa shape index (κ1) is 15.6. The average molecular weight is 336 g/mol. The SMILES string of the molecule is CC(C)c1ocnc1C(=O)N1C[C@H](n2cccn2)Cc2ccccc21. The van der Waals surface area contributed by atoms with E-state index in [-0.39, 0.29) is 17.9 Å². The van der Waals surface area contributed by atoms with Gasteiger partial charge in [-0.15, -0.1) is 0 Å². The highest BCUT2D eigenvalue weighted by Gasteiger charge is 2.32. The van der Waals surface area contributed by atoms with Crippen molar-refractivity contribution >= 4 is 11.6 Å². The normalized spacial score (nSPS) is 16.9. The average Bonchev–Trinajstić information content (AvgIpc) is 3.31. The van der Waals surface area contributed by atoms with E-state index in [9.17, 15) is 4.79 Å². The molecule has 0 aliphatic carbocycles. The van der Waals surface area contributed by atoms with Crippen LogP contribution in [0.4, 0.5) is 5.69 Å². The number of carbonyl (C=O) groups is 1. The molecule has 6 nitrogen and oxygen atoms in total. The lowest BCUT2D eigenvalue weighted by Gasteiger charge is -2.34. The quantitative estimate of drug-likeness (QED) is 0.735. The van der Waals surface area contributed by atoms with Crippen molar-refractivity contribution < 1.29 is 9.21 Å². The lowest BCUT2D eigenvalue weighted by Crippen LogP contribution is -2.41. The third-order valence-electron chi connectivity index (χ3n) is 4.60. The van der Waals surface area contributed by atoms with Crippen molar-refractivity contribution in [3.63, 3.8) is 0 Å². The maximum absolute atomic E-state index is 13.2. The summed E-state index contributed by atoms with van der Waals surface area (Å²) in [6, 6.07) is 10.0. The van der Waals surface area contributed by atoms with Crippen molar-refractivity contribution in [1.29, 1.82) is 0 Å². The van der Waals surface area contributed by atoms with Gasteiger partial charge in [-0.2, -0.15) is 5.10 Å². The van der Waals surface area contributed by atoms with E-state index in [1.807, 2.05) is 49.0 Å². The van der Waals surface area contributed by atoms with Gasteiger partial charge in [-0.25, -0.2) is 4.98 Å². The van der Waals surface area contributed by atoms with Crippen molar-refractivity contribution in [1.82, 2.24) is 14.8 Å². The number of rotatable bonds is 3. The van der Waals surface area contributed by atoms with Crippen LogP contribution in [0.2, 0.25) is 0 Å². The second-order valence-corrected chi connectivity index (χ2v) is 6.61. The number of hydrogen-bond donors (Lipinski definition) is 0. The molecular weight excluding hydrogens is 316 g/mol. The molecule has 6 heteroatoms. The Kier molecular flexibility index (Phi) is 3.87. The number of nitrogens with zero attached hydrogens (tertiary/aromatic N) is 4. The fraction of sp³-hybridized carbons (Fsp3) is 0.316. The third kappa shape index (κ3) is 2.73. The van der Waals surface area contributed by atoms with Crippen LogP contribution in [0.5, 0.6) is 0 Å². The summed E-state index contributed by atoms with van der Waals surface area (Å²) in [4.78, 5) is 19.2. The zero-order chi connectivity index (χ0) is 17.4. The van der Waals surface area contributed by atoms with Crippen LogP contribution in [0.15, 0.2) is 53.5 Å². The molecule has 2 aromatic heterocycles. The van der Waals surface area contributed by atoms with Crippen molar-refractivity contribution in [2.75, 3.05) is 11.4 Å². The van der Waals surface area contributed by atoms with Crippen LogP contribution in [0.25, 0.3) is 0 Å². The molecule has 1 aliphatic heterocycles. The van der Waals surface area contributed by atoms with E-state index in [0.29, 0.717) is 18.0 Å². The van der Waals surface area contributed by atoms with E-state index in [0.717, 1.165) is 17.7 Å². The molecule has 128 valence electrons. The molecule has 1 atom stereocenters. The highest BCUT2D eigenvalue weighted by atomic mass is 16.3. The Morgan fingerprint density at radius 2 is 2.12 bits per heavy atom. The van der Waals surface area contributed by atoms with Crippen LogP contribution >= 0.6 is 0 Å². The van der Waals surface area contributed by atoms with Gasteiger partial charge in [-0.3, -0.25) is 9.48 Å². The molecule has 0 bridgehead atoms. The molecule has 0 unspecified atom stereocenters. The Morgan fingerprint density at radius 1 is 1.28 bits per heavy atom. The minimum atomic E-state index is -0.123. The van der Waals surface area contributed by atoms with Crippen LogP contribution in [0.3, 0.4) is 0 Å². The van der Waals surface area contributed by atoms with Crippen molar-refractivity contribution in [3.05, 3.63) is 66.1 Å². The number of amides is 1. The van der Waals surface area contributed by atoms with Gasteiger partial charge >= 0.3 is 0 Å². The molecule has 3 aromatic rings. The van der Waals surface area contributed by atoms with Gasteiger partial charge in [0.2, 0.25) is 0 Å². The molecule has 0 fully saturated rings. The molecule has 3 heterocycles. The molecule has 0 saturated carbocycles. The van der Waals surface area contributed by atoms with Gasteiger partial charge in [0.05, 0.1) is 6.04 Å². The molecule has 0 N–H and O–H groups in total. The van der Waals surface area contributed by atoms with Gasteiger partial charge in [0.25, 0.3) is 5.91 Å². The monoisotopic (exact) mass is 336 g/mol. The number of aromatic nitrogens is 3. The Bertz CT molecular complexity index is 882.